The Labute approximate surface area is 187 Å². The molecule has 0 N–H and O–H groups in total. The Hall–Kier alpha value is -3.54. The second-order valence-electron chi connectivity index (χ2n) is 7.64. The molecule has 168 valence electrons. The fourth-order valence-corrected chi connectivity index (χ4v) is 4.23. The van der Waals surface area contributed by atoms with Crippen molar-refractivity contribution in [2.45, 2.75) is 17.8 Å². The molecule has 6 heteroatoms. The van der Waals surface area contributed by atoms with Gasteiger partial charge in [0.15, 0.2) is 0 Å². The molecule has 0 radical (unpaired) electrons. The molecule has 0 fully saturated rings. The summed E-state index contributed by atoms with van der Waals surface area (Å²) >= 11 is 0. The fourth-order valence-electron chi connectivity index (χ4n) is 4.23. The van der Waals surface area contributed by atoms with Crippen molar-refractivity contribution in [1.82, 2.24) is 0 Å². The van der Waals surface area contributed by atoms with Gasteiger partial charge in [-0.1, -0.05) is 97.1 Å². The lowest BCUT2D eigenvalue weighted by atomic mass is 9.64. The third-order valence-corrected chi connectivity index (χ3v) is 5.66. The van der Waals surface area contributed by atoms with Crippen LogP contribution in [0.5, 0.6) is 0 Å². The summed E-state index contributed by atoms with van der Waals surface area (Å²) in [5.74, 6) is 0. The van der Waals surface area contributed by atoms with E-state index in [9.17, 15) is 26.3 Å². The molecule has 0 unspecified atom stereocenters. The first kappa shape index (κ1) is 22.6. The molecule has 0 bridgehead atoms. The highest BCUT2D eigenvalue weighted by atomic mass is 19.4. The summed E-state index contributed by atoms with van der Waals surface area (Å²) in [6.07, 6.45) is -9.22. The largest absolute Gasteiger partial charge is 0.416 e. The zero-order valence-corrected chi connectivity index (χ0v) is 17.2. The Bertz CT molecular complexity index is 1130. The third-order valence-electron chi connectivity index (χ3n) is 5.66. The molecular weight excluding hydrogens is 438 g/mol. The van der Waals surface area contributed by atoms with E-state index in [2.05, 4.69) is 0 Å². The van der Waals surface area contributed by atoms with Gasteiger partial charge in [0.05, 0.1) is 16.5 Å². The zero-order chi connectivity index (χ0) is 23.7. The molecule has 0 aliphatic rings. The van der Waals surface area contributed by atoms with Gasteiger partial charge in [0.2, 0.25) is 0 Å². The summed E-state index contributed by atoms with van der Waals surface area (Å²) in [6.45, 7) is 0. The van der Waals surface area contributed by atoms with E-state index in [1.807, 2.05) is 0 Å². The quantitative estimate of drug-likeness (QED) is 0.215. The third kappa shape index (κ3) is 4.25. The molecule has 0 nitrogen and oxygen atoms in total. The number of alkyl halides is 6. The van der Waals surface area contributed by atoms with Crippen LogP contribution in [-0.2, 0) is 17.8 Å². The maximum absolute atomic E-state index is 13.6. The molecule has 4 aromatic carbocycles. The van der Waals surface area contributed by atoms with Crippen LogP contribution in [0.25, 0.3) is 0 Å². The van der Waals surface area contributed by atoms with Crippen molar-refractivity contribution in [3.63, 3.8) is 0 Å². The van der Waals surface area contributed by atoms with Crippen LogP contribution in [0.4, 0.5) is 26.3 Å². The Morgan fingerprint density at radius 3 is 0.970 bits per heavy atom. The molecule has 0 heterocycles. The highest BCUT2D eigenvalue weighted by molar-refractivity contribution is 5.60. The molecule has 0 aromatic heterocycles. The Morgan fingerprint density at radius 1 is 0.333 bits per heavy atom. The molecule has 0 aliphatic heterocycles. The molecule has 4 aromatic rings. The van der Waals surface area contributed by atoms with Crippen molar-refractivity contribution in [3.8, 4) is 0 Å². The van der Waals surface area contributed by atoms with Gasteiger partial charge < -0.3 is 0 Å². The number of benzene rings is 4. The van der Waals surface area contributed by atoms with Crippen LogP contribution in [-0.4, -0.2) is 0 Å². The summed E-state index contributed by atoms with van der Waals surface area (Å²) in [7, 11) is 0. The maximum atomic E-state index is 13.6. The van der Waals surface area contributed by atoms with Gasteiger partial charge in [-0.3, -0.25) is 0 Å². The Balaban J connectivity index is 2.15. The van der Waals surface area contributed by atoms with E-state index in [4.69, 9.17) is 0 Å². The highest BCUT2D eigenvalue weighted by Crippen LogP contribution is 2.47. The van der Waals surface area contributed by atoms with Crippen LogP contribution in [0.2, 0.25) is 0 Å². The monoisotopic (exact) mass is 456 g/mol. The molecule has 33 heavy (non-hydrogen) atoms. The van der Waals surface area contributed by atoms with E-state index < -0.39 is 28.9 Å². The van der Waals surface area contributed by atoms with E-state index in [1.54, 1.807) is 60.7 Å². The van der Waals surface area contributed by atoms with Crippen molar-refractivity contribution in [2.75, 3.05) is 0 Å². The maximum Gasteiger partial charge on any atom is 0.416 e. The first-order valence-corrected chi connectivity index (χ1v) is 10.1. The van der Waals surface area contributed by atoms with Crippen LogP contribution in [0, 0.1) is 0 Å². The minimum Gasteiger partial charge on any atom is -0.166 e. The molecule has 4 rings (SSSR count). The normalized spacial score (nSPS) is 12.5. The van der Waals surface area contributed by atoms with E-state index in [0.29, 0.717) is 11.1 Å². The van der Waals surface area contributed by atoms with Gasteiger partial charge >= 0.3 is 12.4 Å². The SMILES string of the molecule is FC(F)(F)c1cccc(C(c2ccccc2)(c2ccccc2)c2cccc(C(F)(F)F)c2)c1. The van der Waals surface area contributed by atoms with Gasteiger partial charge in [-0.25, -0.2) is 0 Å². The van der Waals surface area contributed by atoms with E-state index in [0.717, 1.165) is 24.3 Å². The second kappa shape index (κ2) is 8.43. The Kier molecular flexibility index (Phi) is 5.78. The average Bonchev–Trinajstić information content (AvgIpc) is 2.80. The lowest BCUT2D eigenvalue weighted by Crippen LogP contribution is -2.31. The van der Waals surface area contributed by atoms with Gasteiger partial charge in [-0.05, 0) is 34.4 Å². The zero-order valence-electron chi connectivity index (χ0n) is 17.2. The summed E-state index contributed by atoms with van der Waals surface area (Å²) in [5, 5.41) is 0. The van der Waals surface area contributed by atoms with E-state index in [-0.39, 0.29) is 11.1 Å². The van der Waals surface area contributed by atoms with Gasteiger partial charge in [0.1, 0.15) is 0 Å². The summed E-state index contributed by atoms with van der Waals surface area (Å²) < 4.78 is 81.8. The molecule has 0 amide bonds. The van der Waals surface area contributed by atoms with Gasteiger partial charge in [0, 0.05) is 0 Å². The lowest BCUT2D eigenvalue weighted by molar-refractivity contribution is -0.138. The van der Waals surface area contributed by atoms with Crippen molar-refractivity contribution in [1.29, 1.82) is 0 Å². The molecule has 0 saturated carbocycles. The van der Waals surface area contributed by atoms with Crippen molar-refractivity contribution in [2.24, 2.45) is 0 Å². The van der Waals surface area contributed by atoms with Crippen LogP contribution in [0.1, 0.15) is 33.4 Å². The molecule has 0 saturated heterocycles. The van der Waals surface area contributed by atoms with Crippen LogP contribution < -0.4 is 0 Å². The van der Waals surface area contributed by atoms with E-state index >= 15 is 0 Å². The van der Waals surface area contributed by atoms with Gasteiger partial charge in [0.25, 0.3) is 0 Å². The number of halogens is 6. The lowest BCUT2D eigenvalue weighted by Gasteiger charge is -2.37. The predicted octanol–water partition coefficient (Wildman–Crippen LogP) is 8.11. The van der Waals surface area contributed by atoms with Gasteiger partial charge in [-0.15, -0.1) is 0 Å². The first-order valence-electron chi connectivity index (χ1n) is 10.1. The minimum absolute atomic E-state index is 0.217. The number of rotatable bonds is 4. The van der Waals surface area contributed by atoms with Gasteiger partial charge in [-0.2, -0.15) is 26.3 Å². The van der Waals surface area contributed by atoms with Crippen molar-refractivity contribution < 1.29 is 26.3 Å². The number of hydrogen-bond acceptors (Lipinski definition) is 0. The number of hydrogen-bond donors (Lipinski definition) is 0. The average molecular weight is 456 g/mol. The highest BCUT2D eigenvalue weighted by Gasteiger charge is 2.41. The summed E-state index contributed by atoms with van der Waals surface area (Å²) in [6, 6.07) is 26.8. The summed E-state index contributed by atoms with van der Waals surface area (Å²) in [5.41, 5.74) is -1.62. The predicted molar refractivity (Wildman–Crippen MR) is 115 cm³/mol. The van der Waals surface area contributed by atoms with Crippen LogP contribution >= 0.6 is 0 Å². The van der Waals surface area contributed by atoms with E-state index in [1.165, 1.54) is 24.3 Å². The molecule has 0 spiro atoms. The topological polar surface area (TPSA) is 0 Å². The second-order valence-corrected chi connectivity index (χ2v) is 7.64. The smallest absolute Gasteiger partial charge is 0.166 e. The molecule has 0 atom stereocenters. The minimum atomic E-state index is -4.61. The van der Waals surface area contributed by atoms with Crippen molar-refractivity contribution >= 4 is 0 Å². The summed E-state index contributed by atoms with van der Waals surface area (Å²) in [4.78, 5) is 0. The van der Waals surface area contributed by atoms with Crippen LogP contribution in [0.15, 0.2) is 109 Å². The van der Waals surface area contributed by atoms with Crippen LogP contribution in [0.3, 0.4) is 0 Å². The fraction of sp³-hybridized carbons (Fsp3) is 0.111. The standard InChI is InChI=1S/C27H18F6/c28-26(29,30)23-15-7-13-21(17-23)25(19-9-3-1-4-10-19,20-11-5-2-6-12-20)22-14-8-16-24(18-22)27(31,32)33/h1-18H. The first-order chi connectivity index (χ1) is 15.6. The molecular formula is C27H18F6. The molecule has 0 aliphatic carbocycles. The van der Waals surface area contributed by atoms with Crippen molar-refractivity contribution in [3.05, 3.63) is 143 Å². The Morgan fingerprint density at radius 2 is 0.636 bits per heavy atom.